The molecule has 2 N–H and O–H groups in total. The van der Waals surface area contributed by atoms with Crippen molar-refractivity contribution in [2.45, 2.75) is 13.5 Å². The molecule has 114 valence electrons. The van der Waals surface area contributed by atoms with Gasteiger partial charge in [0, 0.05) is 34.8 Å². The van der Waals surface area contributed by atoms with E-state index in [1.165, 1.54) is 6.92 Å². The molecule has 0 aliphatic rings. The van der Waals surface area contributed by atoms with E-state index >= 15 is 0 Å². The molecule has 2 rings (SSSR count). The summed E-state index contributed by atoms with van der Waals surface area (Å²) in [5, 5.41) is 6.46. The first kappa shape index (κ1) is 16.3. The maximum atomic E-state index is 12.1. The molecule has 0 heterocycles. The van der Waals surface area contributed by atoms with Crippen LogP contribution in [0.5, 0.6) is 0 Å². The standard InChI is InChI=1S/C16H14Cl2N2O2/c1-10(21)20-14-4-2-3-11(7-14)16(22)19-9-12-5-6-13(17)8-15(12)18/h2-8H,9H2,1H3,(H,19,22)(H,20,21). The normalized spacial score (nSPS) is 10.1. The maximum absolute atomic E-state index is 12.1. The minimum atomic E-state index is -0.252. The fourth-order valence-corrected chi connectivity index (χ4v) is 2.36. The number of nitrogens with one attached hydrogen (secondary N) is 2. The summed E-state index contributed by atoms with van der Waals surface area (Å²) in [4.78, 5) is 23.2. The third-order valence-electron chi connectivity index (χ3n) is 2.90. The van der Waals surface area contributed by atoms with Crippen LogP contribution in [0.2, 0.25) is 10.0 Å². The summed E-state index contributed by atoms with van der Waals surface area (Å²) >= 11 is 11.9. The molecular formula is C16H14Cl2N2O2. The average molecular weight is 337 g/mol. The summed E-state index contributed by atoms with van der Waals surface area (Å²) in [6.07, 6.45) is 0. The molecule has 0 fully saturated rings. The number of amides is 2. The zero-order chi connectivity index (χ0) is 16.1. The number of hydrogen-bond donors (Lipinski definition) is 2. The Morgan fingerprint density at radius 2 is 1.86 bits per heavy atom. The molecule has 0 aliphatic heterocycles. The third kappa shape index (κ3) is 4.48. The molecular weight excluding hydrogens is 323 g/mol. The quantitative estimate of drug-likeness (QED) is 0.889. The lowest BCUT2D eigenvalue weighted by atomic mass is 10.1. The number of carbonyl (C=O) groups excluding carboxylic acids is 2. The van der Waals surface area contributed by atoms with E-state index in [0.29, 0.717) is 27.8 Å². The number of carbonyl (C=O) groups is 2. The molecule has 22 heavy (non-hydrogen) atoms. The van der Waals surface area contributed by atoms with Crippen molar-refractivity contribution in [3.8, 4) is 0 Å². The Morgan fingerprint density at radius 3 is 2.55 bits per heavy atom. The number of benzene rings is 2. The largest absolute Gasteiger partial charge is 0.348 e. The molecule has 4 nitrogen and oxygen atoms in total. The van der Waals surface area contributed by atoms with E-state index in [1.54, 1.807) is 42.5 Å². The highest BCUT2D eigenvalue weighted by Crippen LogP contribution is 2.21. The predicted molar refractivity (Wildman–Crippen MR) is 88.4 cm³/mol. The number of anilines is 1. The molecule has 6 heteroatoms. The van der Waals surface area contributed by atoms with Gasteiger partial charge in [-0.05, 0) is 35.9 Å². The molecule has 2 aromatic carbocycles. The second kappa shape index (κ2) is 7.29. The minimum absolute atomic E-state index is 0.189. The summed E-state index contributed by atoms with van der Waals surface area (Å²) in [5.74, 6) is -0.441. The molecule has 0 radical (unpaired) electrons. The Hall–Kier alpha value is -2.04. The third-order valence-corrected chi connectivity index (χ3v) is 3.49. The minimum Gasteiger partial charge on any atom is -0.348 e. The van der Waals surface area contributed by atoms with Gasteiger partial charge in [0.15, 0.2) is 0 Å². The Morgan fingerprint density at radius 1 is 1.09 bits per heavy atom. The van der Waals surface area contributed by atoms with Gasteiger partial charge >= 0.3 is 0 Å². The SMILES string of the molecule is CC(=O)Nc1cccc(C(=O)NCc2ccc(Cl)cc2Cl)c1. The van der Waals surface area contributed by atoms with Crippen LogP contribution in [-0.4, -0.2) is 11.8 Å². The first-order chi connectivity index (χ1) is 10.5. The molecule has 0 saturated heterocycles. The van der Waals surface area contributed by atoms with Gasteiger partial charge in [-0.15, -0.1) is 0 Å². The topological polar surface area (TPSA) is 58.2 Å². The summed E-state index contributed by atoms with van der Waals surface area (Å²) in [6, 6.07) is 11.8. The van der Waals surface area contributed by atoms with Crippen molar-refractivity contribution in [3.63, 3.8) is 0 Å². The highest BCUT2D eigenvalue weighted by atomic mass is 35.5. The van der Waals surface area contributed by atoms with E-state index in [2.05, 4.69) is 10.6 Å². The predicted octanol–water partition coefficient (Wildman–Crippen LogP) is 3.88. The monoisotopic (exact) mass is 336 g/mol. The van der Waals surface area contributed by atoms with Gasteiger partial charge in [-0.1, -0.05) is 35.3 Å². The van der Waals surface area contributed by atoms with E-state index in [9.17, 15) is 9.59 Å². The van der Waals surface area contributed by atoms with Crippen LogP contribution in [0.4, 0.5) is 5.69 Å². The van der Waals surface area contributed by atoms with E-state index in [-0.39, 0.29) is 11.8 Å². The fourth-order valence-electron chi connectivity index (χ4n) is 1.88. The molecule has 0 bridgehead atoms. The van der Waals surface area contributed by atoms with Gasteiger partial charge in [-0.25, -0.2) is 0 Å². The molecule has 2 amide bonds. The van der Waals surface area contributed by atoms with Crippen molar-refractivity contribution >= 4 is 40.7 Å². The van der Waals surface area contributed by atoms with Crippen LogP contribution in [0, 0.1) is 0 Å². The van der Waals surface area contributed by atoms with Gasteiger partial charge in [0.25, 0.3) is 5.91 Å². The van der Waals surface area contributed by atoms with Crippen molar-refractivity contribution in [1.82, 2.24) is 5.32 Å². The van der Waals surface area contributed by atoms with Crippen molar-refractivity contribution in [2.75, 3.05) is 5.32 Å². The van der Waals surface area contributed by atoms with Crippen LogP contribution >= 0.6 is 23.2 Å². The van der Waals surface area contributed by atoms with Crippen LogP contribution in [0.1, 0.15) is 22.8 Å². The average Bonchev–Trinajstić information content (AvgIpc) is 2.45. The Kier molecular flexibility index (Phi) is 5.41. The maximum Gasteiger partial charge on any atom is 0.251 e. The van der Waals surface area contributed by atoms with Gasteiger partial charge in [-0.2, -0.15) is 0 Å². The van der Waals surface area contributed by atoms with Crippen molar-refractivity contribution in [2.24, 2.45) is 0 Å². The highest BCUT2D eigenvalue weighted by molar-refractivity contribution is 6.35. The Balaban J connectivity index is 2.04. The highest BCUT2D eigenvalue weighted by Gasteiger charge is 2.08. The van der Waals surface area contributed by atoms with E-state index in [4.69, 9.17) is 23.2 Å². The fraction of sp³-hybridized carbons (Fsp3) is 0.125. The first-order valence-corrected chi connectivity index (χ1v) is 7.31. The molecule has 0 unspecified atom stereocenters. The molecule has 0 aliphatic carbocycles. The summed E-state index contributed by atoms with van der Waals surface area (Å²) in [5.41, 5.74) is 1.80. The lowest BCUT2D eigenvalue weighted by Crippen LogP contribution is -2.23. The molecule has 0 aromatic heterocycles. The zero-order valence-electron chi connectivity index (χ0n) is 11.8. The summed E-state index contributed by atoms with van der Waals surface area (Å²) in [6.45, 7) is 1.70. The Bertz CT molecular complexity index is 717. The van der Waals surface area contributed by atoms with Crippen molar-refractivity contribution in [3.05, 3.63) is 63.6 Å². The molecule has 0 atom stereocenters. The lowest BCUT2D eigenvalue weighted by molar-refractivity contribution is -0.114. The Labute approximate surface area is 138 Å². The van der Waals surface area contributed by atoms with Gasteiger partial charge in [0.2, 0.25) is 5.91 Å². The molecule has 0 saturated carbocycles. The van der Waals surface area contributed by atoms with Crippen molar-refractivity contribution in [1.29, 1.82) is 0 Å². The van der Waals surface area contributed by atoms with Gasteiger partial charge in [-0.3, -0.25) is 9.59 Å². The van der Waals surface area contributed by atoms with E-state index < -0.39 is 0 Å². The van der Waals surface area contributed by atoms with E-state index in [0.717, 1.165) is 5.56 Å². The van der Waals surface area contributed by atoms with Crippen LogP contribution in [0.3, 0.4) is 0 Å². The molecule has 2 aromatic rings. The van der Waals surface area contributed by atoms with Crippen LogP contribution < -0.4 is 10.6 Å². The zero-order valence-corrected chi connectivity index (χ0v) is 13.3. The van der Waals surface area contributed by atoms with Crippen LogP contribution in [-0.2, 0) is 11.3 Å². The van der Waals surface area contributed by atoms with Gasteiger partial charge in [0.05, 0.1) is 0 Å². The molecule has 0 spiro atoms. The van der Waals surface area contributed by atoms with Crippen molar-refractivity contribution < 1.29 is 9.59 Å². The smallest absolute Gasteiger partial charge is 0.251 e. The van der Waals surface area contributed by atoms with Gasteiger partial charge in [0.1, 0.15) is 0 Å². The van der Waals surface area contributed by atoms with Gasteiger partial charge < -0.3 is 10.6 Å². The number of halogens is 2. The lowest BCUT2D eigenvalue weighted by Gasteiger charge is -2.09. The summed E-state index contributed by atoms with van der Waals surface area (Å²) < 4.78 is 0. The van der Waals surface area contributed by atoms with E-state index in [1.807, 2.05) is 0 Å². The summed E-state index contributed by atoms with van der Waals surface area (Å²) in [7, 11) is 0. The number of hydrogen-bond acceptors (Lipinski definition) is 2. The second-order valence-corrected chi connectivity index (χ2v) is 5.52. The van der Waals surface area contributed by atoms with Crippen LogP contribution in [0.25, 0.3) is 0 Å². The van der Waals surface area contributed by atoms with Crippen LogP contribution in [0.15, 0.2) is 42.5 Å². The number of rotatable bonds is 4. The second-order valence-electron chi connectivity index (χ2n) is 4.68. The first-order valence-electron chi connectivity index (χ1n) is 6.55.